The molecule has 3 saturated heterocycles. The predicted octanol–water partition coefficient (Wildman–Crippen LogP) is 5.06. The standard InChI is InChI=1S/C49H66N10O6S/c1-10-58-39-16-15-31-19-33(39)34(43(58)32-13-11-17-50-41(32)28(2)3)21-49(6,7)27-65-47(63)35-14-12-18-59(54-35)46(62)36(20-40-52-38(31)26-66-40)53-44(60)42(29(4)5)56(9)48(64)55(8)23-30-24-57(25-30)45(61)37-22-51-37/h11,13,15-17,19,26,28-30,35-37,42,51,54H,10,12,14,18,20-25,27H2,1-9H3,(H,53,60)/t35-,36-,37+,42-/m0/s1. The molecule has 3 fully saturated rings. The van der Waals surface area contributed by atoms with Crippen molar-refractivity contribution in [2.75, 3.05) is 53.4 Å². The Balaban J connectivity index is 1.10. The van der Waals surface area contributed by atoms with Gasteiger partial charge in [0, 0.05) is 105 Å². The van der Waals surface area contributed by atoms with Crippen LogP contribution >= 0.6 is 11.3 Å². The zero-order valence-electron chi connectivity index (χ0n) is 39.8. The summed E-state index contributed by atoms with van der Waals surface area (Å²) >= 11 is 1.42. The number of aryl methyl sites for hydroxylation is 1. The lowest BCUT2D eigenvalue weighted by Gasteiger charge is -2.42. The molecule has 1 aromatic carbocycles. The van der Waals surface area contributed by atoms with Gasteiger partial charge in [-0.25, -0.2) is 15.2 Å². The lowest BCUT2D eigenvalue weighted by atomic mass is 9.84. The molecule has 0 saturated carbocycles. The van der Waals surface area contributed by atoms with Crippen molar-refractivity contribution in [3.63, 3.8) is 0 Å². The SMILES string of the molecule is CCn1c(-c2cccnc2C(C)C)c2c3cc(ccc31)-c1csc(n1)C[C@H](NC(=O)[C@H](C(C)C)N(C)C(=O)N(C)CC1CN(C(=O)[C@H]3CN3)C1)C(=O)N1CCC[C@H](N1)C(=O)OCC(C)(C)C2. The average Bonchev–Trinajstić information content (AvgIpc) is 3.96. The van der Waals surface area contributed by atoms with Gasteiger partial charge in [0.25, 0.3) is 5.91 Å². The first-order valence-corrected chi connectivity index (χ1v) is 24.4. The van der Waals surface area contributed by atoms with E-state index in [2.05, 4.69) is 79.5 Å². The molecule has 66 heavy (non-hydrogen) atoms. The van der Waals surface area contributed by atoms with E-state index in [1.165, 1.54) is 21.2 Å². The molecular weight excluding hydrogens is 857 g/mol. The Hall–Kier alpha value is -5.39. The molecule has 3 aromatic heterocycles. The Morgan fingerprint density at radius 3 is 2.55 bits per heavy atom. The minimum absolute atomic E-state index is 0.0838. The number of hydrogen-bond donors (Lipinski definition) is 3. The maximum atomic E-state index is 14.6. The lowest BCUT2D eigenvalue weighted by molar-refractivity contribution is -0.155. The van der Waals surface area contributed by atoms with Gasteiger partial charge in [-0.15, -0.1) is 11.3 Å². The highest BCUT2D eigenvalue weighted by atomic mass is 32.1. The van der Waals surface area contributed by atoms with E-state index in [4.69, 9.17) is 14.7 Å². The van der Waals surface area contributed by atoms with Crippen LogP contribution in [0.1, 0.15) is 83.5 Å². The number of rotatable bonds is 10. The number of esters is 1. The number of nitrogens with zero attached hydrogens (tertiary/aromatic N) is 7. The van der Waals surface area contributed by atoms with Gasteiger partial charge in [0.1, 0.15) is 18.1 Å². The normalized spacial score (nSPS) is 21.6. The summed E-state index contributed by atoms with van der Waals surface area (Å²) in [6, 6.07) is 7.43. The summed E-state index contributed by atoms with van der Waals surface area (Å²) in [7, 11) is 3.32. The van der Waals surface area contributed by atoms with E-state index in [0.717, 1.165) is 51.2 Å². The van der Waals surface area contributed by atoms with E-state index < -0.39 is 41.3 Å². The number of cyclic esters (lactones) is 1. The summed E-state index contributed by atoms with van der Waals surface area (Å²) in [5, 5.41) is 11.3. The van der Waals surface area contributed by atoms with Gasteiger partial charge in [-0.3, -0.25) is 29.2 Å². The second kappa shape index (κ2) is 19.1. The minimum Gasteiger partial charge on any atom is -0.464 e. The van der Waals surface area contributed by atoms with Gasteiger partial charge >= 0.3 is 12.0 Å². The van der Waals surface area contributed by atoms with Crippen molar-refractivity contribution >= 4 is 52.0 Å². The molecule has 7 heterocycles. The third-order valence-electron chi connectivity index (χ3n) is 13.4. The van der Waals surface area contributed by atoms with Crippen molar-refractivity contribution in [2.24, 2.45) is 17.3 Å². The number of pyridine rings is 1. The van der Waals surface area contributed by atoms with Gasteiger partial charge in [-0.2, -0.15) is 0 Å². The summed E-state index contributed by atoms with van der Waals surface area (Å²) in [6.07, 6.45) is 3.60. The molecule has 17 heteroatoms. The Labute approximate surface area is 391 Å². The minimum atomic E-state index is -1.07. The highest BCUT2D eigenvalue weighted by Gasteiger charge is 2.42. The molecule has 4 aromatic rings. The van der Waals surface area contributed by atoms with Crippen molar-refractivity contribution in [2.45, 2.75) is 111 Å². The van der Waals surface area contributed by atoms with Crippen molar-refractivity contribution in [1.29, 1.82) is 0 Å². The van der Waals surface area contributed by atoms with Crippen LogP contribution in [-0.2, 0) is 43.3 Å². The number of carbonyl (C=O) groups is 5. The molecule has 4 aliphatic rings. The van der Waals surface area contributed by atoms with Crippen LogP contribution in [0, 0.1) is 17.3 Å². The Morgan fingerprint density at radius 2 is 1.85 bits per heavy atom. The van der Waals surface area contributed by atoms with Crippen LogP contribution in [-0.4, -0.2) is 142 Å². The molecule has 354 valence electrons. The highest BCUT2D eigenvalue weighted by Crippen LogP contribution is 2.42. The molecule has 4 atom stereocenters. The van der Waals surface area contributed by atoms with Crippen molar-refractivity contribution in [1.82, 2.24) is 50.3 Å². The Bertz CT molecular complexity index is 2490. The number of ether oxygens (including phenoxy) is 1. The summed E-state index contributed by atoms with van der Waals surface area (Å²) in [5.41, 5.74) is 9.81. The van der Waals surface area contributed by atoms with E-state index in [1.54, 1.807) is 19.0 Å². The van der Waals surface area contributed by atoms with E-state index in [-0.39, 0.29) is 48.8 Å². The van der Waals surface area contributed by atoms with Gasteiger partial charge in [-0.05, 0) is 67.9 Å². The third kappa shape index (κ3) is 9.70. The van der Waals surface area contributed by atoms with Gasteiger partial charge in [-0.1, -0.05) is 47.6 Å². The molecule has 3 N–H and O–H groups in total. The monoisotopic (exact) mass is 922 g/mol. The maximum absolute atomic E-state index is 14.6. The van der Waals surface area contributed by atoms with E-state index in [9.17, 15) is 24.0 Å². The summed E-state index contributed by atoms with van der Waals surface area (Å²) in [4.78, 5) is 84.1. The maximum Gasteiger partial charge on any atom is 0.324 e. The average molecular weight is 923 g/mol. The molecule has 0 aliphatic carbocycles. The van der Waals surface area contributed by atoms with Crippen LogP contribution in [0.25, 0.3) is 33.4 Å². The van der Waals surface area contributed by atoms with Gasteiger partial charge in [0.15, 0.2) is 0 Å². The van der Waals surface area contributed by atoms with Crippen LogP contribution in [0.4, 0.5) is 4.79 Å². The second-order valence-electron chi connectivity index (χ2n) is 20.1. The number of likely N-dealkylation sites (tertiary alicyclic amines) is 1. The molecule has 0 spiro atoms. The fraction of sp³-hybridized carbons (Fsp3) is 0.571. The molecule has 0 unspecified atom stereocenters. The number of nitrogens with one attached hydrogen (secondary N) is 3. The zero-order chi connectivity index (χ0) is 47.2. The molecule has 16 nitrogen and oxygen atoms in total. The van der Waals surface area contributed by atoms with Crippen LogP contribution in [0.2, 0.25) is 0 Å². The number of benzene rings is 1. The van der Waals surface area contributed by atoms with Gasteiger partial charge < -0.3 is 34.6 Å². The summed E-state index contributed by atoms with van der Waals surface area (Å²) in [5.74, 6) is -1.18. The highest BCUT2D eigenvalue weighted by molar-refractivity contribution is 7.10. The van der Waals surface area contributed by atoms with Gasteiger partial charge in [0.2, 0.25) is 11.8 Å². The first-order chi connectivity index (χ1) is 31.4. The number of fused-ring (bicyclic) bond motifs is 6. The second-order valence-corrected chi connectivity index (χ2v) is 21.0. The quantitative estimate of drug-likeness (QED) is 0.144. The number of urea groups is 1. The number of amides is 5. The summed E-state index contributed by atoms with van der Waals surface area (Å²) < 4.78 is 8.48. The number of aromatic nitrogens is 3. The summed E-state index contributed by atoms with van der Waals surface area (Å²) in [6.45, 7) is 18.0. The molecule has 0 radical (unpaired) electrons. The molecule has 4 aliphatic heterocycles. The van der Waals surface area contributed by atoms with Crippen molar-refractivity contribution < 1.29 is 28.7 Å². The van der Waals surface area contributed by atoms with Crippen LogP contribution in [0.5, 0.6) is 0 Å². The van der Waals surface area contributed by atoms with Crippen molar-refractivity contribution in [3.8, 4) is 22.5 Å². The first-order valence-electron chi connectivity index (χ1n) is 23.5. The molecular formula is C49H66N10O6S. The Kier molecular flexibility index (Phi) is 13.6. The van der Waals surface area contributed by atoms with E-state index >= 15 is 0 Å². The number of hydrazine groups is 1. The largest absolute Gasteiger partial charge is 0.464 e. The molecule has 5 amide bonds. The van der Waals surface area contributed by atoms with E-state index in [0.29, 0.717) is 57.0 Å². The number of thiazole rings is 1. The van der Waals surface area contributed by atoms with Crippen LogP contribution < -0.4 is 16.1 Å². The zero-order valence-corrected chi connectivity index (χ0v) is 40.7. The predicted molar refractivity (Wildman–Crippen MR) is 254 cm³/mol. The topological polar surface area (TPSA) is 184 Å². The van der Waals surface area contributed by atoms with Crippen LogP contribution in [0.15, 0.2) is 41.9 Å². The number of hydrogen-bond acceptors (Lipinski definition) is 11. The Morgan fingerprint density at radius 1 is 1.09 bits per heavy atom. The smallest absolute Gasteiger partial charge is 0.324 e. The van der Waals surface area contributed by atoms with Gasteiger partial charge in [0.05, 0.1) is 34.7 Å². The fourth-order valence-electron chi connectivity index (χ4n) is 9.94. The van der Waals surface area contributed by atoms with E-state index in [1.807, 2.05) is 36.4 Å². The molecule has 6 bridgehead atoms. The molecule has 8 rings (SSSR count). The fourth-order valence-corrected chi connectivity index (χ4v) is 10.8. The third-order valence-corrected chi connectivity index (χ3v) is 14.3. The van der Waals surface area contributed by atoms with Crippen molar-refractivity contribution in [3.05, 3.63) is 58.2 Å². The number of carbonyl (C=O) groups excluding carboxylic acids is 5. The first kappa shape index (κ1) is 47.1. The lowest BCUT2D eigenvalue weighted by Crippen LogP contribution is -2.62. The number of likely N-dealkylation sites (N-methyl/N-ethyl adjacent to an activating group) is 1. The van der Waals surface area contributed by atoms with Crippen LogP contribution in [0.3, 0.4) is 0 Å².